The Morgan fingerprint density at radius 1 is 1.20 bits per heavy atom. The van der Waals surface area contributed by atoms with Gasteiger partial charge < -0.3 is 14.8 Å². The number of rotatable bonds is 5. The molecule has 1 saturated carbocycles. The van der Waals surface area contributed by atoms with Gasteiger partial charge in [0, 0.05) is 44.2 Å². The van der Waals surface area contributed by atoms with Crippen LogP contribution in [0.5, 0.6) is 0 Å². The van der Waals surface area contributed by atoms with Crippen molar-refractivity contribution in [1.29, 1.82) is 0 Å². The van der Waals surface area contributed by atoms with E-state index in [-0.39, 0.29) is 0 Å². The molecule has 3 unspecified atom stereocenters. The minimum atomic E-state index is 0.317. The van der Waals surface area contributed by atoms with Crippen LogP contribution in [0, 0.1) is 5.41 Å². The molecule has 3 rings (SSSR count). The Hall–Kier alpha value is -0.160. The summed E-state index contributed by atoms with van der Waals surface area (Å²) >= 11 is 0. The quantitative estimate of drug-likeness (QED) is 0.831. The summed E-state index contributed by atoms with van der Waals surface area (Å²) in [7, 11) is 0. The molecular formula is C16H30N2O2. The van der Waals surface area contributed by atoms with Crippen molar-refractivity contribution in [2.45, 2.75) is 57.8 Å². The van der Waals surface area contributed by atoms with Gasteiger partial charge in [-0.25, -0.2) is 0 Å². The second kappa shape index (κ2) is 6.30. The minimum absolute atomic E-state index is 0.317. The van der Waals surface area contributed by atoms with E-state index in [9.17, 15) is 0 Å². The van der Waals surface area contributed by atoms with Crippen LogP contribution in [0.3, 0.4) is 0 Å². The molecule has 116 valence electrons. The van der Waals surface area contributed by atoms with Crippen molar-refractivity contribution in [2.75, 3.05) is 39.4 Å². The van der Waals surface area contributed by atoms with Crippen molar-refractivity contribution in [2.24, 2.45) is 5.41 Å². The van der Waals surface area contributed by atoms with Crippen LogP contribution in [0.25, 0.3) is 0 Å². The van der Waals surface area contributed by atoms with Crippen LogP contribution in [0.15, 0.2) is 0 Å². The van der Waals surface area contributed by atoms with Crippen LogP contribution < -0.4 is 5.32 Å². The summed E-state index contributed by atoms with van der Waals surface area (Å²) in [5, 5.41) is 3.74. The van der Waals surface area contributed by atoms with Crippen molar-refractivity contribution >= 4 is 0 Å². The Morgan fingerprint density at radius 2 is 1.95 bits per heavy atom. The van der Waals surface area contributed by atoms with Crippen molar-refractivity contribution in [3.05, 3.63) is 0 Å². The molecule has 0 aromatic heterocycles. The van der Waals surface area contributed by atoms with Gasteiger partial charge in [0.1, 0.15) is 0 Å². The standard InChI is InChI=1S/C16H30N2O2/c1-13-8-18(9-14(2)20-13)11-16(6-3-7-19-12-16)10-17-15-4-5-15/h13-15,17H,3-12H2,1-2H3. The minimum Gasteiger partial charge on any atom is -0.381 e. The number of ether oxygens (including phenoxy) is 2. The van der Waals surface area contributed by atoms with E-state index in [1.807, 2.05) is 0 Å². The van der Waals surface area contributed by atoms with E-state index >= 15 is 0 Å². The molecule has 0 aromatic carbocycles. The maximum atomic E-state index is 5.86. The highest BCUT2D eigenvalue weighted by atomic mass is 16.5. The van der Waals surface area contributed by atoms with Crippen LogP contribution >= 0.6 is 0 Å². The van der Waals surface area contributed by atoms with Gasteiger partial charge in [-0.05, 0) is 39.5 Å². The van der Waals surface area contributed by atoms with E-state index in [0.717, 1.165) is 45.4 Å². The highest BCUT2D eigenvalue weighted by Gasteiger charge is 2.37. The van der Waals surface area contributed by atoms with E-state index in [0.29, 0.717) is 17.6 Å². The lowest BCUT2D eigenvalue weighted by atomic mass is 9.81. The monoisotopic (exact) mass is 282 g/mol. The fraction of sp³-hybridized carbons (Fsp3) is 1.00. The van der Waals surface area contributed by atoms with Crippen molar-refractivity contribution in [3.63, 3.8) is 0 Å². The second-order valence-corrected chi connectivity index (χ2v) is 7.26. The molecule has 3 fully saturated rings. The van der Waals surface area contributed by atoms with Gasteiger partial charge in [-0.2, -0.15) is 0 Å². The van der Waals surface area contributed by atoms with Gasteiger partial charge in [0.2, 0.25) is 0 Å². The second-order valence-electron chi connectivity index (χ2n) is 7.26. The predicted molar refractivity (Wildman–Crippen MR) is 80.0 cm³/mol. The zero-order valence-electron chi connectivity index (χ0n) is 13.1. The first kappa shape index (κ1) is 14.8. The molecule has 3 atom stereocenters. The van der Waals surface area contributed by atoms with Gasteiger partial charge in [-0.15, -0.1) is 0 Å². The molecule has 4 heteroatoms. The topological polar surface area (TPSA) is 33.7 Å². The average molecular weight is 282 g/mol. The molecule has 1 aliphatic carbocycles. The number of morpholine rings is 1. The van der Waals surface area contributed by atoms with Gasteiger partial charge >= 0.3 is 0 Å². The zero-order chi connectivity index (χ0) is 14.0. The van der Waals surface area contributed by atoms with Crippen molar-refractivity contribution < 1.29 is 9.47 Å². The molecule has 0 amide bonds. The molecule has 20 heavy (non-hydrogen) atoms. The van der Waals surface area contributed by atoms with E-state index in [1.54, 1.807) is 0 Å². The SMILES string of the molecule is CC1CN(CC2(CNC3CC3)CCCOC2)CC(C)O1. The number of nitrogens with zero attached hydrogens (tertiary/aromatic N) is 1. The fourth-order valence-corrected chi connectivity index (χ4v) is 3.77. The normalized spacial score (nSPS) is 39.9. The number of hydrogen-bond acceptors (Lipinski definition) is 4. The van der Waals surface area contributed by atoms with Gasteiger partial charge in [-0.3, -0.25) is 4.90 Å². The van der Waals surface area contributed by atoms with Gasteiger partial charge in [-0.1, -0.05) is 0 Å². The van der Waals surface area contributed by atoms with E-state index in [4.69, 9.17) is 9.47 Å². The Morgan fingerprint density at radius 3 is 2.55 bits per heavy atom. The lowest BCUT2D eigenvalue weighted by Crippen LogP contribution is -2.54. The van der Waals surface area contributed by atoms with Gasteiger partial charge in [0.05, 0.1) is 18.8 Å². The van der Waals surface area contributed by atoms with E-state index in [1.165, 1.54) is 25.7 Å². The average Bonchev–Trinajstić information content (AvgIpc) is 3.20. The summed E-state index contributed by atoms with van der Waals surface area (Å²) < 4.78 is 11.7. The summed E-state index contributed by atoms with van der Waals surface area (Å²) in [4.78, 5) is 2.60. The fourth-order valence-electron chi connectivity index (χ4n) is 3.77. The number of hydrogen-bond donors (Lipinski definition) is 1. The zero-order valence-corrected chi connectivity index (χ0v) is 13.1. The Bertz CT molecular complexity index is 304. The Labute approximate surface area is 123 Å². The third kappa shape index (κ3) is 3.94. The van der Waals surface area contributed by atoms with Gasteiger partial charge in [0.25, 0.3) is 0 Å². The maximum Gasteiger partial charge on any atom is 0.0678 e. The number of nitrogens with one attached hydrogen (secondary N) is 1. The highest BCUT2D eigenvalue weighted by Crippen LogP contribution is 2.31. The van der Waals surface area contributed by atoms with E-state index < -0.39 is 0 Å². The first-order chi connectivity index (χ1) is 9.65. The van der Waals surface area contributed by atoms with Crippen molar-refractivity contribution in [3.8, 4) is 0 Å². The molecule has 2 saturated heterocycles. The molecule has 3 aliphatic rings. The lowest BCUT2D eigenvalue weighted by molar-refractivity contribution is -0.0931. The van der Waals surface area contributed by atoms with Crippen LogP contribution in [0.2, 0.25) is 0 Å². The summed E-state index contributed by atoms with van der Waals surface area (Å²) in [5.41, 5.74) is 0.317. The third-order valence-electron chi connectivity index (χ3n) is 4.80. The molecule has 4 nitrogen and oxygen atoms in total. The Kier molecular flexibility index (Phi) is 4.65. The molecular weight excluding hydrogens is 252 g/mol. The van der Waals surface area contributed by atoms with Crippen LogP contribution in [0.4, 0.5) is 0 Å². The summed E-state index contributed by atoms with van der Waals surface area (Å²) in [6, 6.07) is 0.788. The van der Waals surface area contributed by atoms with Crippen LogP contribution in [0.1, 0.15) is 39.5 Å². The maximum absolute atomic E-state index is 5.86. The summed E-state index contributed by atoms with van der Waals surface area (Å²) in [5.74, 6) is 0. The summed E-state index contributed by atoms with van der Waals surface area (Å²) in [6.07, 6.45) is 5.95. The molecule has 0 spiro atoms. The van der Waals surface area contributed by atoms with Crippen LogP contribution in [-0.4, -0.2) is 62.5 Å². The summed E-state index contributed by atoms with van der Waals surface area (Å²) in [6.45, 7) is 10.7. The molecule has 1 N–H and O–H groups in total. The molecule has 0 aromatic rings. The van der Waals surface area contributed by atoms with E-state index in [2.05, 4.69) is 24.1 Å². The third-order valence-corrected chi connectivity index (χ3v) is 4.80. The molecule has 2 aliphatic heterocycles. The lowest BCUT2D eigenvalue weighted by Gasteiger charge is -2.44. The van der Waals surface area contributed by atoms with Crippen molar-refractivity contribution in [1.82, 2.24) is 10.2 Å². The highest BCUT2D eigenvalue weighted by molar-refractivity contribution is 4.92. The first-order valence-electron chi connectivity index (χ1n) is 8.34. The largest absolute Gasteiger partial charge is 0.381 e. The smallest absolute Gasteiger partial charge is 0.0678 e. The Balaban J connectivity index is 1.59. The molecule has 2 heterocycles. The van der Waals surface area contributed by atoms with Crippen LogP contribution in [-0.2, 0) is 9.47 Å². The predicted octanol–water partition coefficient (Wildman–Crippen LogP) is 1.64. The molecule has 0 radical (unpaired) electrons. The molecule has 0 bridgehead atoms. The van der Waals surface area contributed by atoms with Gasteiger partial charge in [0.15, 0.2) is 0 Å². The first-order valence-corrected chi connectivity index (χ1v) is 8.34.